The van der Waals surface area contributed by atoms with Crippen LogP contribution in [0.25, 0.3) is 0 Å². The summed E-state index contributed by atoms with van der Waals surface area (Å²) in [6, 6.07) is 0. The number of allylic oxidation sites excluding steroid dienone is 8. The molecule has 5 nitrogen and oxygen atoms in total. The minimum atomic E-state index is -0.770. The van der Waals surface area contributed by atoms with Gasteiger partial charge in [0.25, 0.3) is 0 Å². The number of esters is 2. The lowest BCUT2D eigenvalue weighted by Crippen LogP contribution is -2.28. The maximum atomic E-state index is 12.3. The number of hydrogen-bond donors (Lipinski definition) is 1. The topological polar surface area (TPSA) is 72.8 Å². The van der Waals surface area contributed by atoms with E-state index >= 15 is 0 Å². The first-order valence-corrected chi connectivity index (χ1v) is 26.7. The minimum Gasteiger partial charge on any atom is -0.462 e. The number of carbonyl (C=O) groups excluding carboxylic acids is 2. The molecule has 0 heterocycles. The number of ether oxygens (including phenoxy) is 2. The van der Waals surface area contributed by atoms with Crippen LogP contribution in [0.4, 0.5) is 0 Å². The van der Waals surface area contributed by atoms with E-state index in [1.54, 1.807) is 0 Å². The number of carbonyl (C=O) groups is 2. The summed E-state index contributed by atoms with van der Waals surface area (Å²) >= 11 is 0. The average Bonchev–Trinajstić information content (AvgIpc) is 3.26. The van der Waals surface area contributed by atoms with E-state index in [4.69, 9.17) is 9.47 Å². The summed E-state index contributed by atoms with van der Waals surface area (Å²) in [5.74, 6) is -0.577. The normalized spacial score (nSPS) is 12.5. The van der Waals surface area contributed by atoms with Crippen LogP contribution >= 0.6 is 0 Å². The van der Waals surface area contributed by atoms with Crippen LogP contribution in [0.1, 0.15) is 277 Å². The monoisotopic (exact) mass is 855 g/mol. The molecule has 0 aromatic heterocycles. The van der Waals surface area contributed by atoms with E-state index < -0.39 is 6.10 Å². The predicted molar refractivity (Wildman–Crippen MR) is 265 cm³/mol. The molecule has 0 aromatic carbocycles. The van der Waals surface area contributed by atoms with Crippen molar-refractivity contribution in [1.29, 1.82) is 0 Å². The average molecular weight is 855 g/mol. The Kier molecular flexibility index (Phi) is 50.4. The van der Waals surface area contributed by atoms with Gasteiger partial charge < -0.3 is 14.6 Å². The lowest BCUT2D eigenvalue weighted by Gasteiger charge is -2.15. The summed E-state index contributed by atoms with van der Waals surface area (Å²) in [7, 11) is 0. The van der Waals surface area contributed by atoms with E-state index in [1.165, 1.54) is 193 Å². The third-order valence-corrected chi connectivity index (χ3v) is 11.9. The van der Waals surface area contributed by atoms with E-state index in [1.807, 2.05) is 0 Å². The second-order valence-electron chi connectivity index (χ2n) is 17.9. The first kappa shape index (κ1) is 58.9. The fraction of sp³-hybridized carbons (Fsp3) is 0.821. The van der Waals surface area contributed by atoms with E-state index in [-0.39, 0.29) is 25.2 Å². The summed E-state index contributed by atoms with van der Waals surface area (Å²) in [6.45, 7) is 4.07. The number of unbranched alkanes of at least 4 members (excludes halogenated alkanes) is 33. The van der Waals surface area contributed by atoms with Gasteiger partial charge in [-0.2, -0.15) is 0 Å². The van der Waals surface area contributed by atoms with Crippen molar-refractivity contribution in [3.8, 4) is 0 Å². The molecule has 0 rings (SSSR count). The number of aliphatic hydroxyl groups is 1. The largest absolute Gasteiger partial charge is 0.462 e. The Balaban J connectivity index is 3.46. The lowest BCUT2D eigenvalue weighted by molar-refractivity contribution is -0.161. The molecule has 0 radical (unpaired) electrons. The molecule has 5 heteroatoms. The molecule has 356 valence electrons. The van der Waals surface area contributed by atoms with Gasteiger partial charge in [0, 0.05) is 12.8 Å². The number of hydrogen-bond acceptors (Lipinski definition) is 5. The molecule has 0 saturated carbocycles. The number of aliphatic hydroxyl groups excluding tert-OH is 1. The highest BCUT2D eigenvalue weighted by Gasteiger charge is 2.16. The van der Waals surface area contributed by atoms with Crippen LogP contribution in [0.15, 0.2) is 48.6 Å². The van der Waals surface area contributed by atoms with Crippen molar-refractivity contribution >= 4 is 11.9 Å². The van der Waals surface area contributed by atoms with Gasteiger partial charge in [-0.25, -0.2) is 0 Å². The Labute approximate surface area is 379 Å². The Morgan fingerprint density at radius 1 is 0.393 bits per heavy atom. The summed E-state index contributed by atoms with van der Waals surface area (Å²) in [6.07, 6.45) is 67.9. The Hall–Kier alpha value is -2.14. The SMILES string of the molecule is CC/C=C\C/C=C\C/C=C\C/C=C\CCCCCCCCCCCCCCCCC(=O)OC(CO)COC(=O)CCCCCCCCCCCCCCCCCCCCCC. The second-order valence-corrected chi connectivity index (χ2v) is 17.9. The molecule has 0 saturated heterocycles. The minimum absolute atomic E-state index is 0.0620. The smallest absolute Gasteiger partial charge is 0.306 e. The summed E-state index contributed by atoms with van der Waals surface area (Å²) in [5.41, 5.74) is 0. The van der Waals surface area contributed by atoms with Crippen molar-refractivity contribution < 1.29 is 24.2 Å². The van der Waals surface area contributed by atoms with Gasteiger partial charge in [-0.1, -0.05) is 262 Å². The zero-order valence-electron chi connectivity index (χ0n) is 40.7. The zero-order chi connectivity index (χ0) is 44.2. The third kappa shape index (κ3) is 50.4. The molecule has 1 N–H and O–H groups in total. The van der Waals surface area contributed by atoms with Crippen LogP contribution in [-0.2, 0) is 19.1 Å². The molecule has 0 aromatic rings. The Morgan fingerprint density at radius 2 is 0.705 bits per heavy atom. The molecule has 0 amide bonds. The van der Waals surface area contributed by atoms with Gasteiger partial charge in [0.1, 0.15) is 6.61 Å². The molecule has 0 aliphatic heterocycles. The number of rotatable bonds is 49. The van der Waals surface area contributed by atoms with Crippen molar-refractivity contribution in [3.63, 3.8) is 0 Å². The van der Waals surface area contributed by atoms with Crippen molar-refractivity contribution in [2.45, 2.75) is 283 Å². The van der Waals surface area contributed by atoms with Gasteiger partial charge in [-0.15, -0.1) is 0 Å². The van der Waals surface area contributed by atoms with Gasteiger partial charge in [-0.05, 0) is 51.4 Å². The molecule has 1 unspecified atom stereocenters. The van der Waals surface area contributed by atoms with Crippen molar-refractivity contribution in [2.24, 2.45) is 0 Å². The standard InChI is InChI=1S/C56H102O5/c1-3-5-7-9-11-13-15-17-19-21-23-25-26-27-28-29-30-31-33-35-37-39-41-43-45-47-49-51-56(59)61-54(52-57)53-60-55(58)50-48-46-44-42-40-38-36-34-32-24-22-20-18-16-14-12-10-8-6-4-2/h5,7,11,13,17,19,23,25,54,57H,3-4,6,8-10,12,14-16,18,20-22,24,26-53H2,1-2H3/b7-5-,13-11-,19-17-,25-23-. The summed E-state index contributed by atoms with van der Waals surface area (Å²) < 4.78 is 10.7. The van der Waals surface area contributed by atoms with Gasteiger partial charge in [0.05, 0.1) is 6.61 Å². The summed E-state index contributed by atoms with van der Waals surface area (Å²) in [5, 5.41) is 9.64. The van der Waals surface area contributed by atoms with Crippen LogP contribution in [0, 0.1) is 0 Å². The van der Waals surface area contributed by atoms with Gasteiger partial charge >= 0.3 is 11.9 Å². The Bertz CT molecular complexity index is 1010. The van der Waals surface area contributed by atoms with Crippen LogP contribution in [0.2, 0.25) is 0 Å². The van der Waals surface area contributed by atoms with Crippen LogP contribution < -0.4 is 0 Å². The van der Waals surface area contributed by atoms with E-state index in [0.29, 0.717) is 12.8 Å². The van der Waals surface area contributed by atoms with Gasteiger partial charge in [0.2, 0.25) is 0 Å². The quantitative estimate of drug-likeness (QED) is 0.0375. The van der Waals surface area contributed by atoms with E-state index in [2.05, 4.69) is 62.5 Å². The highest BCUT2D eigenvalue weighted by Crippen LogP contribution is 2.17. The van der Waals surface area contributed by atoms with Gasteiger partial charge in [-0.3, -0.25) is 9.59 Å². The Morgan fingerprint density at radius 3 is 1.07 bits per heavy atom. The van der Waals surface area contributed by atoms with E-state index in [0.717, 1.165) is 57.8 Å². The molecule has 0 spiro atoms. The fourth-order valence-corrected chi connectivity index (χ4v) is 7.90. The van der Waals surface area contributed by atoms with E-state index in [9.17, 15) is 14.7 Å². The lowest BCUT2D eigenvalue weighted by atomic mass is 10.0. The summed E-state index contributed by atoms with van der Waals surface area (Å²) in [4.78, 5) is 24.5. The maximum Gasteiger partial charge on any atom is 0.306 e. The predicted octanol–water partition coefficient (Wildman–Crippen LogP) is 17.7. The first-order valence-electron chi connectivity index (χ1n) is 26.7. The molecule has 0 aliphatic carbocycles. The third-order valence-electron chi connectivity index (χ3n) is 11.9. The highest BCUT2D eigenvalue weighted by molar-refractivity contribution is 5.70. The molecule has 0 bridgehead atoms. The van der Waals surface area contributed by atoms with Crippen LogP contribution in [-0.4, -0.2) is 36.4 Å². The second kappa shape index (κ2) is 52.2. The molecule has 61 heavy (non-hydrogen) atoms. The first-order chi connectivity index (χ1) is 30.1. The molecule has 0 fully saturated rings. The maximum absolute atomic E-state index is 12.3. The van der Waals surface area contributed by atoms with Crippen molar-refractivity contribution in [2.75, 3.05) is 13.2 Å². The fourth-order valence-electron chi connectivity index (χ4n) is 7.90. The molecular formula is C56H102O5. The zero-order valence-corrected chi connectivity index (χ0v) is 40.7. The molecule has 0 aliphatic rings. The van der Waals surface area contributed by atoms with Gasteiger partial charge in [0.15, 0.2) is 6.10 Å². The van der Waals surface area contributed by atoms with Crippen LogP contribution in [0.5, 0.6) is 0 Å². The van der Waals surface area contributed by atoms with Crippen molar-refractivity contribution in [1.82, 2.24) is 0 Å². The van der Waals surface area contributed by atoms with Crippen LogP contribution in [0.3, 0.4) is 0 Å². The highest BCUT2D eigenvalue weighted by atomic mass is 16.6. The molecule has 1 atom stereocenters. The molecular weight excluding hydrogens is 753 g/mol. The van der Waals surface area contributed by atoms with Crippen molar-refractivity contribution in [3.05, 3.63) is 48.6 Å².